The molecule has 1 aromatic carbocycles. The lowest BCUT2D eigenvalue weighted by atomic mass is 10.1. The molecule has 0 radical (unpaired) electrons. The van der Waals surface area contributed by atoms with Crippen molar-refractivity contribution < 1.29 is 28.9 Å². The first-order chi connectivity index (χ1) is 9.03. The summed E-state index contributed by atoms with van der Waals surface area (Å²) in [6, 6.07) is 3.02. The largest absolute Gasteiger partial charge is 0.496 e. The van der Waals surface area contributed by atoms with Gasteiger partial charge in [0.25, 0.3) is 5.91 Å². The van der Waals surface area contributed by atoms with E-state index >= 15 is 0 Å². The first kappa shape index (κ1) is 14.6. The molecule has 0 aliphatic rings. The number of carboxylic acids is 1. The highest BCUT2D eigenvalue weighted by Crippen LogP contribution is 2.33. The zero-order chi connectivity index (χ0) is 14.4. The maximum absolute atomic E-state index is 11.9. The van der Waals surface area contributed by atoms with Crippen LogP contribution in [-0.4, -0.2) is 44.9 Å². The van der Waals surface area contributed by atoms with Crippen LogP contribution >= 0.6 is 0 Å². The molecule has 7 nitrogen and oxygen atoms in total. The molecule has 0 atom stereocenters. The summed E-state index contributed by atoms with van der Waals surface area (Å²) in [5, 5.41) is 10.8. The second-order valence-electron chi connectivity index (χ2n) is 3.48. The number of carbonyl (C=O) groups is 2. The molecule has 0 saturated carbocycles. The Morgan fingerprint density at radius 1 is 1.11 bits per heavy atom. The van der Waals surface area contributed by atoms with Gasteiger partial charge in [0.15, 0.2) is 0 Å². The van der Waals surface area contributed by atoms with Crippen LogP contribution in [-0.2, 0) is 4.79 Å². The lowest BCUT2D eigenvalue weighted by Gasteiger charge is -2.14. The van der Waals surface area contributed by atoms with Crippen LogP contribution in [0, 0.1) is 0 Å². The van der Waals surface area contributed by atoms with Gasteiger partial charge in [-0.3, -0.25) is 9.59 Å². The number of benzene rings is 1. The minimum atomic E-state index is -1.14. The number of carboxylic acid groups (broad SMARTS) is 1. The van der Waals surface area contributed by atoms with Crippen molar-refractivity contribution >= 4 is 11.9 Å². The van der Waals surface area contributed by atoms with Gasteiger partial charge in [-0.15, -0.1) is 0 Å². The van der Waals surface area contributed by atoms with Crippen molar-refractivity contribution in [1.82, 2.24) is 5.32 Å². The van der Waals surface area contributed by atoms with Gasteiger partial charge in [-0.1, -0.05) is 0 Å². The van der Waals surface area contributed by atoms with Gasteiger partial charge in [0.05, 0.1) is 21.3 Å². The van der Waals surface area contributed by atoms with Crippen LogP contribution in [0.1, 0.15) is 10.4 Å². The smallest absolute Gasteiger partial charge is 0.322 e. The summed E-state index contributed by atoms with van der Waals surface area (Å²) in [5.41, 5.74) is 0.118. The normalized spacial score (nSPS) is 9.63. The Balaban J connectivity index is 3.16. The molecule has 19 heavy (non-hydrogen) atoms. The number of amides is 1. The Hall–Kier alpha value is -2.44. The van der Waals surface area contributed by atoms with E-state index in [9.17, 15) is 9.59 Å². The fourth-order valence-electron chi connectivity index (χ4n) is 1.47. The van der Waals surface area contributed by atoms with Crippen molar-refractivity contribution in [1.29, 1.82) is 0 Å². The van der Waals surface area contributed by atoms with Gasteiger partial charge in [0.1, 0.15) is 29.4 Å². The second kappa shape index (κ2) is 6.48. The van der Waals surface area contributed by atoms with Crippen molar-refractivity contribution in [2.75, 3.05) is 27.9 Å². The third-order valence-corrected chi connectivity index (χ3v) is 2.34. The van der Waals surface area contributed by atoms with Crippen LogP contribution in [0.3, 0.4) is 0 Å². The third-order valence-electron chi connectivity index (χ3n) is 2.34. The first-order valence-electron chi connectivity index (χ1n) is 5.33. The zero-order valence-electron chi connectivity index (χ0n) is 10.9. The Bertz CT molecular complexity index is 460. The fraction of sp³-hybridized carbons (Fsp3) is 0.333. The Morgan fingerprint density at radius 2 is 1.63 bits per heavy atom. The molecule has 0 unspecified atom stereocenters. The standard InChI is InChI=1S/C12H15NO6/c1-17-7-4-8(18-2)11(9(5-7)19-3)12(16)13-6-10(14)15/h4-5H,6H2,1-3H3,(H,13,16)(H,14,15). The van der Waals surface area contributed by atoms with Gasteiger partial charge in [-0.05, 0) is 0 Å². The minimum absolute atomic E-state index is 0.118. The van der Waals surface area contributed by atoms with E-state index < -0.39 is 18.4 Å². The molecular weight excluding hydrogens is 254 g/mol. The molecule has 0 aliphatic carbocycles. The molecule has 0 bridgehead atoms. The maximum Gasteiger partial charge on any atom is 0.322 e. The van der Waals surface area contributed by atoms with Crippen molar-refractivity contribution in [3.63, 3.8) is 0 Å². The molecule has 1 amide bonds. The Morgan fingerprint density at radius 3 is 2.00 bits per heavy atom. The molecule has 0 aromatic heterocycles. The van der Waals surface area contributed by atoms with Crippen molar-refractivity contribution in [3.8, 4) is 17.2 Å². The molecule has 0 aliphatic heterocycles. The molecule has 1 aromatic rings. The molecule has 0 heterocycles. The number of aliphatic carboxylic acids is 1. The van der Waals surface area contributed by atoms with E-state index in [1.165, 1.54) is 33.5 Å². The molecule has 7 heteroatoms. The van der Waals surface area contributed by atoms with Crippen LogP contribution in [0.5, 0.6) is 17.2 Å². The average molecular weight is 269 g/mol. The molecule has 0 spiro atoms. The number of methoxy groups -OCH3 is 3. The lowest BCUT2D eigenvalue weighted by molar-refractivity contribution is -0.135. The van der Waals surface area contributed by atoms with Crippen LogP contribution < -0.4 is 19.5 Å². The summed E-state index contributed by atoms with van der Waals surface area (Å²) in [5.74, 6) is -0.805. The van der Waals surface area contributed by atoms with Gasteiger partial charge in [0.2, 0.25) is 0 Å². The number of hydrogen-bond acceptors (Lipinski definition) is 5. The number of carbonyl (C=O) groups excluding carboxylic acids is 1. The summed E-state index contributed by atoms with van der Waals surface area (Å²) in [4.78, 5) is 22.4. The molecule has 104 valence electrons. The molecular formula is C12H15NO6. The Labute approximate surface area is 110 Å². The van der Waals surface area contributed by atoms with Crippen LogP contribution in [0.15, 0.2) is 12.1 Å². The topological polar surface area (TPSA) is 94.1 Å². The van der Waals surface area contributed by atoms with E-state index in [1.54, 1.807) is 0 Å². The summed E-state index contributed by atoms with van der Waals surface area (Å²) in [6.45, 7) is -0.489. The van der Waals surface area contributed by atoms with E-state index in [1.807, 2.05) is 0 Å². The van der Waals surface area contributed by atoms with Gasteiger partial charge < -0.3 is 24.6 Å². The first-order valence-corrected chi connectivity index (χ1v) is 5.33. The highest BCUT2D eigenvalue weighted by Gasteiger charge is 2.20. The Kier molecular flexibility index (Phi) is 4.99. The summed E-state index contributed by atoms with van der Waals surface area (Å²) in [6.07, 6.45) is 0. The monoisotopic (exact) mass is 269 g/mol. The predicted octanol–water partition coefficient (Wildman–Crippen LogP) is 0.527. The second-order valence-corrected chi connectivity index (χ2v) is 3.48. The lowest BCUT2D eigenvalue weighted by Crippen LogP contribution is -2.29. The number of nitrogens with one attached hydrogen (secondary N) is 1. The minimum Gasteiger partial charge on any atom is -0.496 e. The SMILES string of the molecule is COc1cc(OC)c(C(=O)NCC(=O)O)c(OC)c1. The van der Waals surface area contributed by atoms with Crippen LogP contribution in [0.25, 0.3) is 0 Å². The van der Waals surface area contributed by atoms with E-state index in [0.29, 0.717) is 5.75 Å². The third kappa shape index (κ3) is 3.51. The molecule has 0 fully saturated rings. The quantitative estimate of drug-likeness (QED) is 0.782. The zero-order valence-corrected chi connectivity index (χ0v) is 10.9. The van der Waals surface area contributed by atoms with Crippen LogP contribution in [0.4, 0.5) is 0 Å². The van der Waals surface area contributed by atoms with E-state index in [0.717, 1.165) is 0 Å². The van der Waals surface area contributed by atoms with Crippen molar-refractivity contribution in [3.05, 3.63) is 17.7 Å². The maximum atomic E-state index is 11.9. The highest BCUT2D eigenvalue weighted by molar-refractivity contribution is 6.01. The van der Waals surface area contributed by atoms with Crippen molar-refractivity contribution in [2.45, 2.75) is 0 Å². The number of hydrogen-bond donors (Lipinski definition) is 2. The molecule has 1 rings (SSSR count). The van der Waals surface area contributed by atoms with Gasteiger partial charge >= 0.3 is 5.97 Å². The van der Waals surface area contributed by atoms with Gasteiger partial charge in [-0.2, -0.15) is 0 Å². The van der Waals surface area contributed by atoms with Crippen LogP contribution in [0.2, 0.25) is 0 Å². The molecule has 2 N–H and O–H groups in total. The van der Waals surface area contributed by atoms with E-state index in [4.69, 9.17) is 19.3 Å². The summed E-state index contributed by atoms with van der Waals surface area (Å²) < 4.78 is 15.2. The molecule has 0 saturated heterocycles. The van der Waals surface area contributed by atoms with Gasteiger partial charge in [0, 0.05) is 12.1 Å². The summed E-state index contributed by atoms with van der Waals surface area (Å²) in [7, 11) is 4.25. The fourth-order valence-corrected chi connectivity index (χ4v) is 1.47. The van der Waals surface area contributed by atoms with E-state index in [-0.39, 0.29) is 17.1 Å². The van der Waals surface area contributed by atoms with Gasteiger partial charge in [-0.25, -0.2) is 0 Å². The number of rotatable bonds is 6. The van der Waals surface area contributed by atoms with E-state index in [2.05, 4.69) is 5.32 Å². The summed E-state index contributed by atoms with van der Waals surface area (Å²) >= 11 is 0. The highest BCUT2D eigenvalue weighted by atomic mass is 16.5. The number of ether oxygens (including phenoxy) is 3. The van der Waals surface area contributed by atoms with Crippen molar-refractivity contribution in [2.24, 2.45) is 0 Å². The predicted molar refractivity (Wildman–Crippen MR) is 66.1 cm³/mol. The average Bonchev–Trinajstić information content (AvgIpc) is 2.42.